The average molecular weight is 251 g/mol. The highest BCUT2D eigenvalue weighted by Crippen LogP contribution is 2.37. The summed E-state index contributed by atoms with van der Waals surface area (Å²) in [6, 6.07) is 2.68. The van der Waals surface area contributed by atoms with E-state index < -0.39 is 0 Å². The number of piperidine rings is 2. The smallest absolute Gasteiger partial charge is 0.0125 e. The Labute approximate surface area is 112 Å². The summed E-state index contributed by atoms with van der Waals surface area (Å²) in [5.41, 5.74) is 0. The fourth-order valence-corrected chi connectivity index (χ4v) is 4.49. The summed E-state index contributed by atoms with van der Waals surface area (Å²) in [6.45, 7) is 3.91. The molecule has 0 radical (unpaired) electrons. The van der Waals surface area contributed by atoms with Crippen molar-refractivity contribution in [3.63, 3.8) is 0 Å². The maximum Gasteiger partial charge on any atom is 0.0125 e. The van der Waals surface area contributed by atoms with Crippen LogP contribution in [0.5, 0.6) is 0 Å². The fourth-order valence-electron chi connectivity index (χ4n) is 4.49. The van der Waals surface area contributed by atoms with Gasteiger partial charge in [-0.05, 0) is 78.2 Å². The maximum absolute atomic E-state index is 3.34. The molecule has 1 N–H and O–H groups in total. The van der Waals surface area contributed by atoms with Crippen molar-refractivity contribution in [2.45, 2.75) is 56.7 Å². The minimum Gasteiger partial charge on any atom is -0.319 e. The first-order valence-corrected chi connectivity index (χ1v) is 7.88. The zero-order valence-electron chi connectivity index (χ0n) is 12.1. The number of fused-ring (bicyclic) bond motifs is 2. The third kappa shape index (κ3) is 2.45. The molecule has 104 valence electrons. The van der Waals surface area contributed by atoms with E-state index >= 15 is 0 Å². The lowest BCUT2D eigenvalue weighted by molar-refractivity contribution is 0.0532. The van der Waals surface area contributed by atoms with E-state index in [1.54, 1.807) is 0 Å². The number of rotatable bonds is 3. The Morgan fingerprint density at radius 3 is 2.11 bits per heavy atom. The molecule has 3 nitrogen and oxygen atoms in total. The first-order valence-electron chi connectivity index (χ1n) is 7.88. The van der Waals surface area contributed by atoms with Crippen molar-refractivity contribution in [1.82, 2.24) is 15.1 Å². The molecule has 3 aliphatic heterocycles. The molecule has 2 atom stereocenters. The summed E-state index contributed by atoms with van der Waals surface area (Å²) in [7, 11) is 4.43. The summed E-state index contributed by atoms with van der Waals surface area (Å²) in [6.07, 6.45) is 8.58. The van der Waals surface area contributed by atoms with E-state index in [9.17, 15) is 0 Å². The van der Waals surface area contributed by atoms with E-state index in [4.69, 9.17) is 0 Å². The van der Waals surface area contributed by atoms with Crippen LogP contribution in [0.1, 0.15) is 38.5 Å². The number of nitrogens with one attached hydrogen (secondary N) is 1. The summed E-state index contributed by atoms with van der Waals surface area (Å²) >= 11 is 0. The summed E-state index contributed by atoms with van der Waals surface area (Å²) in [5, 5.41) is 3.34. The third-order valence-corrected chi connectivity index (χ3v) is 5.73. The molecule has 0 saturated carbocycles. The van der Waals surface area contributed by atoms with E-state index in [0.717, 1.165) is 24.0 Å². The largest absolute Gasteiger partial charge is 0.319 e. The molecule has 0 aromatic heterocycles. The van der Waals surface area contributed by atoms with Gasteiger partial charge in [-0.3, -0.25) is 0 Å². The summed E-state index contributed by atoms with van der Waals surface area (Å²) in [5.74, 6) is 0.925. The van der Waals surface area contributed by atoms with E-state index in [1.807, 2.05) is 0 Å². The van der Waals surface area contributed by atoms with Gasteiger partial charge in [-0.15, -0.1) is 0 Å². The Hall–Kier alpha value is -0.120. The first kappa shape index (κ1) is 12.9. The van der Waals surface area contributed by atoms with Gasteiger partial charge in [0.2, 0.25) is 0 Å². The number of hydrogen-bond donors (Lipinski definition) is 1. The highest BCUT2D eigenvalue weighted by Gasteiger charge is 2.40. The van der Waals surface area contributed by atoms with Crippen LogP contribution in [0.2, 0.25) is 0 Å². The van der Waals surface area contributed by atoms with Crippen molar-refractivity contribution < 1.29 is 0 Å². The highest BCUT2D eigenvalue weighted by molar-refractivity contribution is 4.97. The van der Waals surface area contributed by atoms with Crippen molar-refractivity contribution in [3.8, 4) is 0 Å². The van der Waals surface area contributed by atoms with Crippen molar-refractivity contribution in [2.75, 3.05) is 33.7 Å². The highest BCUT2D eigenvalue weighted by atomic mass is 15.2. The quantitative estimate of drug-likeness (QED) is 0.821. The van der Waals surface area contributed by atoms with Gasteiger partial charge in [0.05, 0.1) is 0 Å². The Morgan fingerprint density at radius 2 is 1.56 bits per heavy atom. The molecule has 3 saturated heterocycles. The molecule has 0 amide bonds. The monoisotopic (exact) mass is 251 g/mol. The lowest BCUT2D eigenvalue weighted by Crippen LogP contribution is -2.51. The van der Waals surface area contributed by atoms with Crippen molar-refractivity contribution >= 4 is 0 Å². The molecule has 0 aromatic carbocycles. The minimum absolute atomic E-state index is 0.892. The minimum atomic E-state index is 0.892. The third-order valence-electron chi connectivity index (χ3n) is 5.73. The van der Waals surface area contributed by atoms with Crippen molar-refractivity contribution in [3.05, 3.63) is 0 Å². The molecule has 3 heteroatoms. The van der Waals surface area contributed by atoms with Crippen LogP contribution < -0.4 is 5.32 Å². The maximum atomic E-state index is 3.34. The van der Waals surface area contributed by atoms with Crippen LogP contribution in [-0.2, 0) is 0 Å². The lowest BCUT2D eigenvalue weighted by Gasteiger charge is -2.44. The molecule has 18 heavy (non-hydrogen) atoms. The van der Waals surface area contributed by atoms with Gasteiger partial charge in [0.1, 0.15) is 0 Å². The van der Waals surface area contributed by atoms with E-state index in [1.165, 1.54) is 58.2 Å². The molecule has 3 rings (SSSR count). The van der Waals surface area contributed by atoms with Crippen LogP contribution in [-0.4, -0.2) is 61.7 Å². The molecule has 3 heterocycles. The van der Waals surface area contributed by atoms with Crippen LogP contribution in [0.15, 0.2) is 0 Å². The molecule has 0 spiro atoms. The van der Waals surface area contributed by atoms with E-state index in [2.05, 4.69) is 29.2 Å². The number of nitrogens with zero attached hydrogens (tertiary/aromatic N) is 2. The Balaban J connectivity index is 1.52. The average Bonchev–Trinajstić information content (AvgIpc) is 2.63. The SMILES string of the molecule is CNCC1CCN(C2CC3CCC(C2)N3C)CC1. The lowest BCUT2D eigenvalue weighted by atomic mass is 9.91. The topological polar surface area (TPSA) is 18.5 Å². The van der Waals surface area contributed by atoms with E-state index in [0.29, 0.717) is 0 Å². The summed E-state index contributed by atoms with van der Waals surface area (Å²) < 4.78 is 0. The van der Waals surface area contributed by atoms with Crippen LogP contribution in [0.25, 0.3) is 0 Å². The van der Waals surface area contributed by atoms with Gasteiger partial charge in [0.25, 0.3) is 0 Å². The van der Waals surface area contributed by atoms with Gasteiger partial charge in [0.15, 0.2) is 0 Å². The molecular formula is C15H29N3. The molecule has 3 fully saturated rings. The molecule has 0 aliphatic carbocycles. The molecule has 3 aliphatic rings. The van der Waals surface area contributed by atoms with Crippen LogP contribution >= 0.6 is 0 Å². The van der Waals surface area contributed by atoms with Crippen LogP contribution in [0.4, 0.5) is 0 Å². The normalized spacial score (nSPS) is 39.3. The van der Waals surface area contributed by atoms with Gasteiger partial charge in [0, 0.05) is 18.1 Å². The predicted molar refractivity (Wildman–Crippen MR) is 75.8 cm³/mol. The second-order valence-electron chi connectivity index (χ2n) is 6.71. The second kappa shape index (κ2) is 5.48. The molecule has 0 aromatic rings. The molecular weight excluding hydrogens is 222 g/mol. The Bertz CT molecular complexity index is 259. The van der Waals surface area contributed by atoms with Crippen LogP contribution in [0, 0.1) is 5.92 Å². The van der Waals surface area contributed by atoms with Gasteiger partial charge < -0.3 is 15.1 Å². The molecule has 2 bridgehead atoms. The summed E-state index contributed by atoms with van der Waals surface area (Å²) in [4.78, 5) is 5.47. The fraction of sp³-hybridized carbons (Fsp3) is 1.00. The number of likely N-dealkylation sites (tertiary alicyclic amines) is 1. The number of hydrogen-bond acceptors (Lipinski definition) is 3. The first-order chi connectivity index (χ1) is 8.78. The second-order valence-corrected chi connectivity index (χ2v) is 6.71. The standard InChI is InChI=1S/C15H29N3/c1-16-11-12-5-7-18(8-6-12)15-9-13-3-4-14(10-15)17(13)2/h12-16H,3-11H2,1-2H3. The van der Waals surface area contributed by atoms with Gasteiger partial charge in [-0.1, -0.05) is 0 Å². The predicted octanol–water partition coefficient (Wildman–Crippen LogP) is 1.54. The van der Waals surface area contributed by atoms with Crippen molar-refractivity contribution in [1.29, 1.82) is 0 Å². The molecule has 2 unspecified atom stereocenters. The Kier molecular flexibility index (Phi) is 3.92. The van der Waals surface area contributed by atoms with Gasteiger partial charge in [-0.2, -0.15) is 0 Å². The van der Waals surface area contributed by atoms with Crippen molar-refractivity contribution in [2.24, 2.45) is 5.92 Å². The zero-order valence-corrected chi connectivity index (χ0v) is 12.1. The van der Waals surface area contributed by atoms with E-state index in [-0.39, 0.29) is 0 Å². The van der Waals surface area contributed by atoms with Gasteiger partial charge in [-0.25, -0.2) is 0 Å². The zero-order chi connectivity index (χ0) is 12.5. The van der Waals surface area contributed by atoms with Gasteiger partial charge >= 0.3 is 0 Å². The Morgan fingerprint density at radius 1 is 0.944 bits per heavy atom. The van der Waals surface area contributed by atoms with Crippen LogP contribution in [0.3, 0.4) is 0 Å².